The van der Waals surface area contributed by atoms with Crippen LogP contribution in [-0.4, -0.2) is 25.3 Å². The molecular formula is C16H23F2NO. The van der Waals surface area contributed by atoms with Crippen LogP contribution >= 0.6 is 0 Å². The van der Waals surface area contributed by atoms with Crippen molar-refractivity contribution in [2.24, 2.45) is 5.92 Å². The molecule has 0 saturated heterocycles. The van der Waals surface area contributed by atoms with Crippen LogP contribution in [0.15, 0.2) is 18.2 Å². The van der Waals surface area contributed by atoms with Crippen LogP contribution in [0.3, 0.4) is 0 Å². The Bertz CT molecular complexity index is 434. The van der Waals surface area contributed by atoms with Crippen molar-refractivity contribution in [2.45, 2.75) is 45.3 Å². The molecule has 0 spiro atoms. The highest BCUT2D eigenvalue weighted by Crippen LogP contribution is 2.36. The Labute approximate surface area is 119 Å². The summed E-state index contributed by atoms with van der Waals surface area (Å²) < 4.78 is 32.9. The van der Waals surface area contributed by atoms with Gasteiger partial charge in [-0.05, 0) is 62.4 Å². The van der Waals surface area contributed by atoms with Crippen molar-refractivity contribution in [1.82, 2.24) is 5.32 Å². The Morgan fingerprint density at radius 2 is 2.05 bits per heavy atom. The maximum atomic E-state index is 13.8. The van der Waals surface area contributed by atoms with Crippen LogP contribution in [0.4, 0.5) is 8.78 Å². The first-order chi connectivity index (χ1) is 9.65. The fourth-order valence-electron chi connectivity index (χ4n) is 2.70. The summed E-state index contributed by atoms with van der Waals surface area (Å²) in [5.41, 5.74) is 0.418. The lowest BCUT2D eigenvalue weighted by Gasteiger charge is -2.28. The summed E-state index contributed by atoms with van der Waals surface area (Å²) in [4.78, 5) is 0. The first-order valence-electron chi connectivity index (χ1n) is 7.44. The SMILES string of the molecule is CCNC(Cc1cc(F)ccc1F)C(OCC)C1CC1. The van der Waals surface area contributed by atoms with E-state index in [1.165, 1.54) is 12.1 Å². The van der Waals surface area contributed by atoms with Gasteiger partial charge in [0.2, 0.25) is 0 Å². The molecule has 0 amide bonds. The van der Waals surface area contributed by atoms with Gasteiger partial charge in [-0.15, -0.1) is 0 Å². The summed E-state index contributed by atoms with van der Waals surface area (Å²) in [5.74, 6) is -0.188. The molecular weight excluding hydrogens is 260 g/mol. The summed E-state index contributed by atoms with van der Waals surface area (Å²) in [6, 6.07) is 3.67. The molecule has 1 fully saturated rings. The van der Waals surface area contributed by atoms with Crippen molar-refractivity contribution in [3.63, 3.8) is 0 Å². The number of halogens is 2. The zero-order valence-corrected chi connectivity index (χ0v) is 12.2. The van der Waals surface area contributed by atoms with Gasteiger partial charge < -0.3 is 10.1 Å². The van der Waals surface area contributed by atoms with Crippen LogP contribution in [0.1, 0.15) is 32.3 Å². The Hall–Kier alpha value is -1.00. The molecule has 2 rings (SSSR count). The van der Waals surface area contributed by atoms with Gasteiger partial charge in [-0.25, -0.2) is 8.78 Å². The summed E-state index contributed by atoms with van der Waals surface area (Å²) in [5, 5.41) is 3.37. The number of likely N-dealkylation sites (N-methyl/N-ethyl adjacent to an activating group) is 1. The molecule has 0 heterocycles. The molecule has 112 valence electrons. The van der Waals surface area contributed by atoms with Gasteiger partial charge in [-0.2, -0.15) is 0 Å². The molecule has 1 N–H and O–H groups in total. The van der Waals surface area contributed by atoms with Crippen molar-refractivity contribution in [1.29, 1.82) is 0 Å². The van der Waals surface area contributed by atoms with E-state index < -0.39 is 5.82 Å². The molecule has 0 radical (unpaired) electrons. The number of hydrogen-bond acceptors (Lipinski definition) is 2. The fourth-order valence-corrected chi connectivity index (χ4v) is 2.70. The van der Waals surface area contributed by atoms with Crippen molar-refractivity contribution in [3.05, 3.63) is 35.4 Å². The van der Waals surface area contributed by atoms with E-state index in [2.05, 4.69) is 5.32 Å². The standard InChI is InChI=1S/C16H23F2NO/c1-3-19-15(16(20-4-2)11-5-6-11)10-12-9-13(17)7-8-14(12)18/h7-9,11,15-16,19H,3-6,10H2,1-2H3. The van der Waals surface area contributed by atoms with E-state index in [1.54, 1.807) is 0 Å². The van der Waals surface area contributed by atoms with Gasteiger partial charge in [-0.1, -0.05) is 6.92 Å². The third kappa shape index (κ3) is 4.00. The van der Waals surface area contributed by atoms with Crippen LogP contribution in [0.25, 0.3) is 0 Å². The molecule has 2 nitrogen and oxygen atoms in total. The summed E-state index contributed by atoms with van der Waals surface area (Å²) in [7, 11) is 0. The second-order valence-corrected chi connectivity index (χ2v) is 5.36. The fraction of sp³-hybridized carbons (Fsp3) is 0.625. The molecule has 1 saturated carbocycles. The first-order valence-corrected chi connectivity index (χ1v) is 7.44. The Morgan fingerprint density at radius 1 is 1.30 bits per heavy atom. The second-order valence-electron chi connectivity index (χ2n) is 5.36. The molecule has 1 aliphatic carbocycles. The zero-order chi connectivity index (χ0) is 14.5. The molecule has 2 atom stereocenters. The molecule has 1 aliphatic rings. The number of benzene rings is 1. The Balaban J connectivity index is 2.12. The van der Waals surface area contributed by atoms with E-state index in [4.69, 9.17) is 4.74 Å². The number of ether oxygens (including phenoxy) is 1. The lowest BCUT2D eigenvalue weighted by atomic mass is 9.97. The first kappa shape index (κ1) is 15.4. The van der Waals surface area contributed by atoms with Crippen LogP contribution < -0.4 is 5.32 Å². The predicted octanol–water partition coefficient (Wildman–Crippen LogP) is 3.30. The lowest BCUT2D eigenvalue weighted by molar-refractivity contribution is 0.0194. The Morgan fingerprint density at radius 3 is 2.65 bits per heavy atom. The maximum absolute atomic E-state index is 13.8. The molecule has 0 bridgehead atoms. The van der Waals surface area contributed by atoms with Crippen molar-refractivity contribution in [2.75, 3.05) is 13.2 Å². The number of nitrogens with one attached hydrogen (secondary N) is 1. The minimum atomic E-state index is -0.393. The summed E-state index contributed by atoms with van der Waals surface area (Å²) in [6.07, 6.45) is 2.87. The minimum absolute atomic E-state index is 0.0312. The van der Waals surface area contributed by atoms with Gasteiger partial charge >= 0.3 is 0 Å². The van der Waals surface area contributed by atoms with Gasteiger partial charge in [-0.3, -0.25) is 0 Å². The van der Waals surface area contributed by atoms with E-state index in [0.717, 1.165) is 25.5 Å². The van der Waals surface area contributed by atoms with E-state index in [9.17, 15) is 8.78 Å². The summed E-state index contributed by atoms with van der Waals surface area (Å²) in [6.45, 7) is 5.43. The van der Waals surface area contributed by atoms with Gasteiger partial charge in [0.15, 0.2) is 0 Å². The highest BCUT2D eigenvalue weighted by Gasteiger charge is 2.37. The lowest BCUT2D eigenvalue weighted by Crippen LogP contribution is -2.44. The van der Waals surface area contributed by atoms with Crippen molar-refractivity contribution < 1.29 is 13.5 Å². The van der Waals surface area contributed by atoms with Crippen LogP contribution in [-0.2, 0) is 11.2 Å². The molecule has 20 heavy (non-hydrogen) atoms. The predicted molar refractivity (Wildman–Crippen MR) is 75.7 cm³/mol. The van der Waals surface area contributed by atoms with E-state index in [1.807, 2.05) is 13.8 Å². The number of hydrogen-bond donors (Lipinski definition) is 1. The molecule has 1 aromatic carbocycles. The highest BCUT2D eigenvalue weighted by atomic mass is 19.1. The Kier molecular flexibility index (Phi) is 5.49. The van der Waals surface area contributed by atoms with Crippen LogP contribution in [0.2, 0.25) is 0 Å². The van der Waals surface area contributed by atoms with E-state index >= 15 is 0 Å². The normalized spacial score (nSPS) is 18.0. The maximum Gasteiger partial charge on any atom is 0.126 e. The van der Waals surface area contributed by atoms with Gasteiger partial charge in [0.25, 0.3) is 0 Å². The monoisotopic (exact) mass is 283 g/mol. The van der Waals surface area contributed by atoms with Gasteiger partial charge in [0.1, 0.15) is 11.6 Å². The minimum Gasteiger partial charge on any atom is -0.377 e. The molecule has 1 aromatic rings. The van der Waals surface area contributed by atoms with Crippen molar-refractivity contribution in [3.8, 4) is 0 Å². The molecule has 4 heteroatoms. The molecule has 2 unspecified atom stereocenters. The van der Waals surface area contributed by atoms with E-state index in [-0.39, 0.29) is 18.0 Å². The number of rotatable bonds is 8. The highest BCUT2D eigenvalue weighted by molar-refractivity contribution is 5.20. The topological polar surface area (TPSA) is 21.3 Å². The second kappa shape index (κ2) is 7.14. The average Bonchev–Trinajstić information content (AvgIpc) is 3.24. The van der Waals surface area contributed by atoms with Gasteiger partial charge in [0, 0.05) is 12.6 Å². The van der Waals surface area contributed by atoms with Gasteiger partial charge in [0.05, 0.1) is 6.10 Å². The van der Waals surface area contributed by atoms with Crippen molar-refractivity contribution >= 4 is 0 Å². The third-order valence-electron chi connectivity index (χ3n) is 3.76. The molecule has 0 aliphatic heterocycles. The third-order valence-corrected chi connectivity index (χ3v) is 3.76. The zero-order valence-electron chi connectivity index (χ0n) is 12.2. The quantitative estimate of drug-likeness (QED) is 0.790. The van der Waals surface area contributed by atoms with E-state index in [0.29, 0.717) is 24.5 Å². The molecule has 0 aromatic heterocycles. The largest absolute Gasteiger partial charge is 0.377 e. The average molecular weight is 283 g/mol. The summed E-state index contributed by atoms with van der Waals surface area (Å²) >= 11 is 0. The van der Waals surface area contributed by atoms with Crippen LogP contribution in [0.5, 0.6) is 0 Å². The smallest absolute Gasteiger partial charge is 0.126 e. The van der Waals surface area contributed by atoms with Crippen LogP contribution in [0, 0.1) is 17.6 Å².